The molecule has 4 atom stereocenters. The van der Waals surface area contributed by atoms with Gasteiger partial charge in [-0.2, -0.15) is 20.4 Å². The number of amides is 1. The number of nitrogens with one attached hydrogen (secondary N) is 1. The second kappa shape index (κ2) is 41.6. The first kappa shape index (κ1) is 86.0. The Balaban J connectivity index is 0.000000148. The van der Waals surface area contributed by atoms with Gasteiger partial charge < -0.3 is 44.1 Å². The number of aryl methyl sites for hydroxylation is 4. The molecule has 0 bridgehead atoms. The number of carbonyl (C=O) groups excluding carboxylic acids is 5. The first-order valence-electron chi connectivity index (χ1n) is 41.6. The van der Waals surface area contributed by atoms with Crippen LogP contribution in [0.15, 0.2) is 98.6 Å². The predicted molar refractivity (Wildman–Crippen MR) is 437 cm³/mol. The summed E-state index contributed by atoms with van der Waals surface area (Å²) in [5.41, 5.74) is 13.2. The van der Waals surface area contributed by atoms with Crippen LogP contribution < -0.4 is 5.32 Å². The summed E-state index contributed by atoms with van der Waals surface area (Å²) in [6.07, 6.45) is 48.1. The molecule has 7 aliphatic rings. The lowest BCUT2D eigenvalue weighted by atomic mass is 9.91. The summed E-state index contributed by atoms with van der Waals surface area (Å²) in [6.45, 7) is 22.0. The van der Waals surface area contributed by atoms with Gasteiger partial charge in [0.15, 0.2) is 0 Å². The average Bonchev–Trinajstić information content (AvgIpc) is 1.72. The minimum atomic E-state index is -0.905. The third kappa shape index (κ3) is 23.9. The van der Waals surface area contributed by atoms with Crippen LogP contribution in [0.25, 0.3) is 0 Å². The molecule has 0 unspecified atom stereocenters. The number of hydrogen-bond donors (Lipinski definition) is 2. The number of pyridine rings is 4. The number of carbonyl (C=O) groups is 6. The number of nitrogens with zero attached hydrogens (tertiary/aromatic N) is 15. The smallest absolute Gasteiger partial charge is 0.410 e. The number of ketones is 1. The first-order valence-corrected chi connectivity index (χ1v) is 41.6. The van der Waals surface area contributed by atoms with E-state index in [0.717, 1.165) is 170 Å². The molecule has 12 heterocycles. The van der Waals surface area contributed by atoms with Crippen LogP contribution >= 0.6 is 0 Å². The molecule has 115 heavy (non-hydrogen) atoms. The molecule has 2 N–H and O–H groups in total. The zero-order valence-corrected chi connectivity index (χ0v) is 69.3. The Bertz CT molecular complexity index is 4530. The summed E-state index contributed by atoms with van der Waals surface area (Å²) in [4.78, 5) is 93.6. The third-order valence-electron chi connectivity index (χ3n) is 23.6. The van der Waals surface area contributed by atoms with Crippen LogP contribution in [0.4, 0.5) is 4.79 Å². The molecule has 4 aliphatic heterocycles. The van der Waals surface area contributed by atoms with E-state index in [-0.39, 0.29) is 30.0 Å². The van der Waals surface area contributed by atoms with Crippen molar-refractivity contribution in [2.75, 3.05) is 73.7 Å². The molecule has 3 saturated carbocycles. The summed E-state index contributed by atoms with van der Waals surface area (Å²) >= 11 is 0. The van der Waals surface area contributed by atoms with Crippen molar-refractivity contribution in [3.05, 3.63) is 188 Å². The Kier molecular flexibility index (Phi) is 31.1. The van der Waals surface area contributed by atoms with Crippen LogP contribution in [0.5, 0.6) is 0 Å². The molecule has 0 spiro atoms. The van der Waals surface area contributed by atoms with E-state index in [1.807, 2.05) is 46.2 Å². The Hall–Kier alpha value is -9.86. The maximum Gasteiger partial charge on any atom is 0.410 e. The molecular weight excluding hydrogens is 1460 g/mol. The first-order chi connectivity index (χ1) is 55.5. The van der Waals surface area contributed by atoms with Gasteiger partial charge in [0.05, 0.1) is 90.5 Å². The fourth-order valence-corrected chi connectivity index (χ4v) is 16.2. The van der Waals surface area contributed by atoms with Crippen molar-refractivity contribution in [2.24, 2.45) is 0 Å². The van der Waals surface area contributed by atoms with Crippen molar-refractivity contribution in [3.8, 4) is 0 Å². The third-order valence-corrected chi connectivity index (χ3v) is 23.6. The molecule has 27 heteroatoms. The lowest BCUT2D eigenvalue weighted by Crippen LogP contribution is -2.40. The minimum Gasteiger partial charge on any atom is -0.478 e. The van der Waals surface area contributed by atoms with E-state index in [0.29, 0.717) is 84.9 Å². The molecule has 8 aromatic rings. The number of Topliss-reactive ketones (excluding diaryl/α,β-unsaturated/α-hetero) is 1. The van der Waals surface area contributed by atoms with Crippen molar-refractivity contribution in [1.29, 1.82) is 0 Å². The predicted octanol–water partition coefficient (Wildman–Crippen LogP) is 13.9. The quantitative estimate of drug-likeness (QED) is 0.0595. The van der Waals surface area contributed by atoms with Crippen LogP contribution in [0.2, 0.25) is 0 Å². The van der Waals surface area contributed by atoms with Gasteiger partial charge in [0.2, 0.25) is 0 Å². The molecule has 0 radical (unpaired) electrons. The van der Waals surface area contributed by atoms with E-state index in [1.165, 1.54) is 111 Å². The average molecular weight is 1580 g/mol. The Morgan fingerprint density at radius 1 is 0.409 bits per heavy atom. The molecule has 15 rings (SSSR count). The Morgan fingerprint density at radius 3 is 1.07 bits per heavy atom. The van der Waals surface area contributed by atoms with Crippen molar-refractivity contribution in [1.82, 2.24) is 79.1 Å². The van der Waals surface area contributed by atoms with Crippen molar-refractivity contribution < 1.29 is 52.8 Å². The topological polar surface area (TPSA) is 304 Å². The lowest BCUT2D eigenvalue weighted by Gasteiger charge is -2.36. The van der Waals surface area contributed by atoms with E-state index in [2.05, 4.69) is 80.8 Å². The zero-order valence-electron chi connectivity index (χ0n) is 69.3. The van der Waals surface area contributed by atoms with Crippen LogP contribution in [-0.2, 0) is 49.4 Å². The van der Waals surface area contributed by atoms with Gasteiger partial charge in [0, 0.05) is 151 Å². The van der Waals surface area contributed by atoms with Crippen LogP contribution in [0.1, 0.15) is 288 Å². The number of aromatic carboxylic acids is 1. The number of rotatable bonds is 18. The van der Waals surface area contributed by atoms with Gasteiger partial charge >= 0.3 is 30.0 Å². The molecule has 4 saturated heterocycles. The van der Waals surface area contributed by atoms with Crippen molar-refractivity contribution in [2.45, 2.75) is 251 Å². The number of esters is 3. The van der Waals surface area contributed by atoms with E-state index in [4.69, 9.17) is 39.3 Å². The van der Waals surface area contributed by atoms with Gasteiger partial charge in [-0.05, 0) is 253 Å². The number of carboxylic acids is 1. The van der Waals surface area contributed by atoms with E-state index in [9.17, 15) is 33.9 Å². The van der Waals surface area contributed by atoms with Gasteiger partial charge in [-0.15, -0.1) is 0 Å². The molecule has 7 fully saturated rings. The molecule has 8 aromatic heterocycles. The molecule has 0 aromatic carbocycles. The maximum absolute atomic E-state index is 12.4. The highest BCUT2D eigenvalue weighted by atomic mass is 16.6. The standard InChI is InChI=1S/C23H32N4O4.C22H30N4O2.C21H28N4O2.C18H24N4O2.C4H6O/c1-16-18(13-17-14-24-10-8-20(17)21(28)30-5)15-27(25-16)19-7-6-11-26(12-9-19)22(29)31-23(2,3)4;1-16-18(13-17-14-23-10-8-21(17)22(27)28-2)15-26(24-16)20-7-4-11-25(12-9-20)19-5-3-6-19;1-15-17(12-16-13-22-9-7-20(16)21(26)27)14-25(23-15)19-6-3-10-24(11-8-19)18-4-2-5-18;1-13-15(10-14-11-20-9-6-17(14)18(23)24-2)12-22(21-13)16-4-3-7-19-8-5-16;5-4-2-1-3-4/h8,10,14-15,19H,6-7,9,11-13H2,1-5H3;8,10,14-15,19-20H,3-7,9,11-13H2,1-2H3;7,9,13-14,18-19H,2-6,8,10-12H2,1H3,(H,26,27);6,9,11-12,16,19H,3-5,7-8,10H2,1-2H3;1-3H2/t19-;20-;19-;16-;/m1111./s1. The van der Waals surface area contributed by atoms with Crippen LogP contribution in [0.3, 0.4) is 0 Å². The number of ether oxygens (including phenoxy) is 4. The summed E-state index contributed by atoms with van der Waals surface area (Å²) in [5, 5.41) is 31.9. The Morgan fingerprint density at radius 2 is 0.739 bits per heavy atom. The van der Waals surface area contributed by atoms with Crippen LogP contribution in [0, 0.1) is 27.7 Å². The number of likely N-dealkylation sites (tertiary alicyclic amines) is 3. The fraction of sp³-hybridized carbons (Fsp3) is 0.568. The maximum atomic E-state index is 12.4. The summed E-state index contributed by atoms with van der Waals surface area (Å²) in [6, 6.07) is 9.89. The largest absolute Gasteiger partial charge is 0.478 e. The van der Waals surface area contributed by atoms with Gasteiger partial charge in [-0.1, -0.05) is 12.8 Å². The normalized spacial score (nSPS) is 19.6. The summed E-state index contributed by atoms with van der Waals surface area (Å²) in [5.74, 6) is -1.48. The van der Waals surface area contributed by atoms with Gasteiger partial charge in [0.25, 0.3) is 0 Å². The summed E-state index contributed by atoms with van der Waals surface area (Å²) < 4.78 is 28.6. The number of carboxylic acid groups (broad SMARTS) is 1. The number of methoxy groups -OCH3 is 3. The zero-order chi connectivity index (χ0) is 81.5. The Labute approximate surface area is 677 Å². The van der Waals surface area contributed by atoms with Gasteiger partial charge in [0.1, 0.15) is 11.4 Å². The van der Waals surface area contributed by atoms with Crippen LogP contribution in [-0.4, -0.2) is 206 Å². The molecular formula is C88H120N16O11. The molecule has 3 aliphatic carbocycles. The highest BCUT2D eigenvalue weighted by Gasteiger charge is 2.32. The van der Waals surface area contributed by atoms with E-state index in [1.54, 1.807) is 72.5 Å². The monoisotopic (exact) mass is 1580 g/mol. The number of aromatic nitrogens is 12. The van der Waals surface area contributed by atoms with Crippen molar-refractivity contribution in [3.63, 3.8) is 0 Å². The lowest BCUT2D eigenvalue weighted by molar-refractivity contribution is -0.123. The molecule has 27 nitrogen and oxygen atoms in total. The highest BCUT2D eigenvalue weighted by molar-refractivity contribution is 5.92. The SMILES string of the molecule is COC(=O)c1ccncc1Cc1cn([C@@H]2CCCN(C(=O)OC(C)(C)C)CC2)nc1C.COC(=O)c1ccncc1Cc1cn([C@@H]2CCCN(C3CCC3)CC2)nc1C.COC(=O)c1ccncc1Cc1cn([C@@H]2CCCNCC2)nc1C.Cc1nn([C@@H]2CCCN(C3CCC3)CC2)cc1Cc1cnccc1C(=O)O.O=C1CCC1. The fourth-order valence-electron chi connectivity index (χ4n) is 16.2. The summed E-state index contributed by atoms with van der Waals surface area (Å²) in [7, 11) is 4.19. The number of hydrogen-bond acceptors (Lipinski definition) is 21. The van der Waals surface area contributed by atoms with Gasteiger partial charge in [-0.25, -0.2) is 24.0 Å². The highest BCUT2D eigenvalue weighted by Crippen LogP contribution is 2.34. The molecule has 1 amide bonds. The van der Waals surface area contributed by atoms with E-state index >= 15 is 0 Å². The second-order valence-electron chi connectivity index (χ2n) is 32.7. The second-order valence-corrected chi connectivity index (χ2v) is 32.7. The minimum absolute atomic E-state index is 0.217. The van der Waals surface area contributed by atoms with Gasteiger partial charge in [-0.3, -0.25) is 43.5 Å². The van der Waals surface area contributed by atoms with Crippen molar-refractivity contribution >= 4 is 35.8 Å². The molecule has 618 valence electrons. The van der Waals surface area contributed by atoms with E-state index < -0.39 is 11.6 Å².